The van der Waals surface area contributed by atoms with Crippen molar-refractivity contribution >= 4 is 29.0 Å². The molecule has 0 aliphatic carbocycles. The molecule has 11 heteroatoms. The van der Waals surface area contributed by atoms with Crippen LogP contribution >= 0.6 is 11.8 Å². The molecule has 1 N–H and O–H groups in total. The number of rotatable bonds is 7. The van der Waals surface area contributed by atoms with Gasteiger partial charge in [0.05, 0.1) is 28.2 Å². The number of aryl methyl sites for hydroxylation is 1. The molecule has 1 amide bonds. The average Bonchev–Trinajstić information content (AvgIpc) is 3.09. The zero-order valence-corrected chi connectivity index (χ0v) is 17.1. The number of nitrogens with one attached hydrogen (secondary N) is 1. The van der Waals surface area contributed by atoms with Crippen LogP contribution in [0.4, 0.5) is 11.4 Å². The Bertz CT molecular complexity index is 1080. The number of non-ortho nitro benzene ring substituents is 1. The molecule has 0 fully saturated rings. The molecule has 0 saturated carbocycles. The standard InChI is InChI=1S/C19H18N4O6S/c1-11-4-5-14(23(26)27)10-16(11)20-17(24)12(2)30-18-19(25)29-21-22(18)13-6-8-15(28-3)9-7-13/h4-10,12H,1-3H3,(H-,20,21,24,25). The highest BCUT2D eigenvalue weighted by atomic mass is 32.2. The summed E-state index contributed by atoms with van der Waals surface area (Å²) in [4.78, 5) is 23.1. The largest absolute Gasteiger partial charge is 0.538 e. The lowest BCUT2D eigenvalue weighted by Gasteiger charge is -2.12. The van der Waals surface area contributed by atoms with Gasteiger partial charge in [-0.3, -0.25) is 14.9 Å². The highest BCUT2D eigenvalue weighted by Crippen LogP contribution is 2.29. The topological polar surface area (TPSA) is 134 Å². The summed E-state index contributed by atoms with van der Waals surface area (Å²) < 4.78 is 11.2. The van der Waals surface area contributed by atoms with Gasteiger partial charge in [0.15, 0.2) is 5.95 Å². The van der Waals surface area contributed by atoms with Crippen LogP contribution in [0, 0.1) is 17.0 Å². The van der Waals surface area contributed by atoms with Gasteiger partial charge in [-0.15, -0.1) is 0 Å². The van der Waals surface area contributed by atoms with Crippen LogP contribution in [0.25, 0.3) is 5.69 Å². The molecule has 1 unspecified atom stereocenters. The third kappa shape index (κ3) is 4.51. The van der Waals surface area contributed by atoms with Gasteiger partial charge in [0.2, 0.25) is 11.6 Å². The molecule has 156 valence electrons. The first kappa shape index (κ1) is 21.1. The molecule has 10 nitrogen and oxygen atoms in total. The van der Waals surface area contributed by atoms with Crippen LogP contribution in [-0.4, -0.2) is 28.5 Å². The molecule has 0 saturated heterocycles. The van der Waals surface area contributed by atoms with Crippen molar-refractivity contribution in [3.63, 3.8) is 0 Å². The molecule has 0 aliphatic rings. The molecular weight excluding hydrogens is 412 g/mol. The van der Waals surface area contributed by atoms with Crippen molar-refractivity contribution in [2.75, 3.05) is 12.4 Å². The lowest BCUT2D eigenvalue weighted by atomic mass is 10.2. The number of carbonyl (C=O) groups excluding carboxylic acids is 1. The molecule has 1 heterocycles. The van der Waals surface area contributed by atoms with Crippen molar-refractivity contribution in [2.24, 2.45) is 0 Å². The maximum Gasteiger partial charge on any atom is 0.298 e. The van der Waals surface area contributed by atoms with Gasteiger partial charge in [-0.25, -0.2) is 0 Å². The van der Waals surface area contributed by atoms with Gasteiger partial charge < -0.3 is 19.7 Å². The summed E-state index contributed by atoms with van der Waals surface area (Å²) >= 11 is 0.969. The molecule has 1 aromatic heterocycles. The second-order valence-corrected chi connectivity index (χ2v) is 7.61. The van der Waals surface area contributed by atoms with Crippen LogP contribution in [0.15, 0.2) is 52.0 Å². The Morgan fingerprint density at radius 2 is 2.00 bits per heavy atom. The van der Waals surface area contributed by atoms with Crippen LogP contribution in [0.3, 0.4) is 0 Å². The molecule has 0 aliphatic heterocycles. The van der Waals surface area contributed by atoms with E-state index in [2.05, 4.69) is 10.6 Å². The molecule has 3 aromatic rings. The van der Waals surface area contributed by atoms with E-state index in [1.165, 1.54) is 16.8 Å². The molecule has 0 bridgehead atoms. The van der Waals surface area contributed by atoms with E-state index < -0.39 is 22.0 Å². The number of thioether (sulfide) groups is 1. The minimum absolute atomic E-state index is 0.124. The first-order chi connectivity index (χ1) is 14.3. The third-order valence-corrected chi connectivity index (χ3v) is 5.37. The summed E-state index contributed by atoms with van der Waals surface area (Å²) in [6.07, 6.45) is 0. The van der Waals surface area contributed by atoms with E-state index >= 15 is 0 Å². The van der Waals surface area contributed by atoms with Crippen molar-refractivity contribution in [1.29, 1.82) is 0 Å². The minimum atomic E-state index is -0.708. The Morgan fingerprint density at radius 1 is 1.30 bits per heavy atom. The predicted molar refractivity (Wildman–Crippen MR) is 106 cm³/mol. The van der Waals surface area contributed by atoms with Crippen LogP contribution in [0.2, 0.25) is 0 Å². The van der Waals surface area contributed by atoms with Crippen molar-refractivity contribution < 1.29 is 28.8 Å². The Morgan fingerprint density at radius 3 is 2.63 bits per heavy atom. The normalized spacial score (nSPS) is 11.7. The number of nitro benzene ring substituents is 1. The fourth-order valence-electron chi connectivity index (χ4n) is 2.54. The summed E-state index contributed by atoms with van der Waals surface area (Å²) in [5.74, 6) is -0.466. The first-order valence-electron chi connectivity index (χ1n) is 8.76. The number of carbonyl (C=O) groups is 1. The number of anilines is 1. The maximum atomic E-state index is 12.6. The number of hydrogen-bond donors (Lipinski definition) is 1. The number of benzene rings is 2. The zero-order valence-electron chi connectivity index (χ0n) is 16.3. The Kier molecular flexibility index (Phi) is 6.21. The fraction of sp³-hybridized carbons (Fsp3) is 0.211. The molecule has 0 radical (unpaired) electrons. The number of hydrogen-bond acceptors (Lipinski definition) is 8. The lowest BCUT2D eigenvalue weighted by Crippen LogP contribution is -2.36. The number of nitro groups is 1. The Hall–Kier alpha value is -3.60. The van der Waals surface area contributed by atoms with Gasteiger partial charge in [-0.05, 0) is 48.0 Å². The lowest BCUT2D eigenvalue weighted by molar-refractivity contribution is -0.705. The monoisotopic (exact) mass is 430 g/mol. The molecule has 3 rings (SSSR count). The molecule has 2 aromatic carbocycles. The number of aromatic nitrogens is 2. The predicted octanol–water partition coefficient (Wildman–Crippen LogP) is 2.37. The summed E-state index contributed by atoms with van der Waals surface area (Å²) in [7, 11) is 1.54. The third-order valence-electron chi connectivity index (χ3n) is 4.24. The van der Waals surface area contributed by atoms with Gasteiger partial charge in [0.25, 0.3) is 10.7 Å². The minimum Gasteiger partial charge on any atom is -0.538 e. The van der Waals surface area contributed by atoms with Crippen molar-refractivity contribution in [1.82, 2.24) is 5.27 Å². The van der Waals surface area contributed by atoms with Gasteiger partial charge in [0.1, 0.15) is 5.75 Å². The van der Waals surface area contributed by atoms with Gasteiger partial charge in [-0.1, -0.05) is 6.07 Å². The quantitative estimate of drug-likeness (QED) is 0.261. The molecule has 30 heavy (non-hydrogen) atoms. The van der Waals surface area contributed by atoms with E-state index in [1.807, 2.05) is 0 Å². The zero-order chi connectivity index (χ0) is 21.8. The second-order valence-electron chi connectivity index (χ2n) is 6.28. The van der Waals surface area contributed by atoms with Crippen molar-refractivity contribution in [2.45, 2.75) is 24.1 Å². The summed E-state index contributed by atoms with van der Waals surface area (Å²) in [6, 6.07) is 11.0. The van der Waals surface area contributed by atoms with Crippen molar-refractivity contribution in [3.05, 3.63) is 58.1 Å². The highest BCUT2D eigenvalue weighted by molar-refractivity contribution is 8.00. The van der Waals surface area contributed by atoms with Crippen LogP contribution < -0.4 is 19.8 Å². The summed E-state index contributed by atoms with van der Waals surface area (Å²) in [5, 5.41) is 28.9. The number of methoxy groups -OCH3 is 1. The first-order valence-corrected chi connectivity index (χ1v) is 9.64. The fourth-order valence-corrected chi connectivity index (χ4v) is 3.41. The van der Waals surface area contributed by atoms with E-state index in [9.17, 15) is 20.0 Å². The van der Waals surface area contributed by atoms with Crippen LogP contribution in [0.5, 0.6) is 11.7 Å². The average molecular weight is 430 g/mol. The van der Waals surface area contributed by atoms with E-state index in [0.29, 0.717) is 22.7 Å². The Balaban J connectivity index is 1.78. The van der Waals surface area contributed by atoms with E-state index in [1.54, 1.807) is 51.3 Å². The van der Waals surface area contributed by atoms with Crippen LogP contribution in [-0.2, 0) is 4.79 Å². The summed E-state index contributed by atoms with van der Waals surface area (Å²) in [6.45, 7) is 3.34. The second kappa shape index (κ2) is 8.82. The van der Waals surface area contributed by atoms with Crippen LogP contribution in [0.1, 0.15) is 12.5 Å². The van der Waals surface area contributed by atoms with E-state index in [4.69, 9.17) is 9.26 Å². The Labute approximate surface area is 175 Å². The number of ether oxygens (including phenoxy) is 1. The molecule has 0 spiro atoms. The summed E-state index contributed by atoms with van der Waals surface area (Å²) in [5.41, 5.74) is 1.44. The van der Waals surface area contributed by atoms with Gasteiger partial charge >= 0.3 is 0 Å². The van der Waals surface area contributed by atoms with E-state index in [-0.39, 0.29) is 10.7 Å². The molecular formula is C19H18N4O6S. The number of amides is 1. The SMILES string of the molecule is COc1ccc(-[n+]2noc([O-])c2SC(C)C(=O)Nc2cc([N+](=O)[O-])ccc2C)cc1. The van der Waals surface area contributed by atoms with Gasteiger partial charge in [-0.2, -0.15) is 0 Å². The molecule has 1 atom stereocenters. The van der Waals surface area contributed by atoms with Gasteiger partial charge in [0, 0.05) is 24.3 Å². The van der Waals surface area contributed by atoms with E-state index in [0.717, 1.165) is 11.8 Å². The smallest absolute Gasteiger partial charge is 0.298 e. The van der Waals surface area contributed by atoms with Crippen molar-refractivity contribution in [3.8, 4) is 17.4 Å². The maximum absolute atomic E-state index is 12.6. The number of nitrogens with zero attached hydrogens (tertiary/aromatic N) is 3. The highest BCUT2D eigenvalue weighted by Gasteiger charge is 2.27.